The van der Waals surface area contributed by atoms with E-state index in [1.165, 1.54) is 99.2 Å². The minimum atomic E-state index is 1.14. The van der Waals surface area contributed by atoms with Gasteiger partial charge >= 0.3 is 0 Å². The van der Waals surface area contributed by atoms with E-state index in [9.17, 15) is 0 Å². The predicted molar refractivity (Wildman–Crippen MR) is 262 cm³/mol. The fourth-order valence-electron chi connectivity index (χ4n) is 9.64. The Balaban J connectivity index is 1.06. The molecule has 10 aromatic carbocycles. The lowest BCUT2D eigenvalue weighted by Gasteiger charge is -2.16. The number of aromatic nitrogens is 2. The summed E-state index contributed by atoms with van der Waals surface area (Å²) in [6.07, 6.45) is 0. The zero-order chi connectivity index (χ0) is 41.0. The van der Waals surface area contributed by atoms with Crippen LogP contribution in [0.1, 0.15) is 0 Å². The Kier molecular flexibility index (Phi) is 8.53. The normalized spacial score (nSPS) is 11.5. The van der Waals surface area contributed by atoms with Gasteiger partial charge in [-0.05, 0) is 111 Å². The summed E-state index contributed by atoms with van der Waals surface area (Å²) in [5, 5.41) is 4.95. The van der Waals surface area contributed by atoms with E-state index in [0.29, 0.717) is 0 Å². The third-order valence-electron chi connectivity index (χ3n) is 12.5. The minimum Gasteiger partial charge on any atom is -0.309 e. The molecule has 0 aliphatic rings. The lowest BCUT2D eigenvalue weighted by atomic mass is 9.96. The third kappa shape index (κ3) is 5.96. The molecule has 0 spiro atoms. The first-order chi connectivity index (χ1) is 30.8. The average molecular weight is 789 g/mol. The molecule has 2 heteroatoms. The summed E-state index contributed by atoms with van der Waals surface area (Å²) in [5.74, 6) is 0. The van der Waals surface area contributed by atoms with Crippen LogP contribution in [0, 0.1) is 0 Å². The Morgan fingerprint density at radius 1 is 0.226 bits per heavy atom. The number of benzene rings is 10. The van der Waals surface area contributed by atoms with Gasteiger partial charge in [0, 0.05) is 32.8 Å². The van der Waals surface area contributed by atoms with Crippen molar-refractivity contribution in [3.63, 3.8) is 0 Å². The maximum absolute atomic E-state index is 2.46. The Morgan fingerprint density at radius 3 is 1.37 bits per heavy atom. The van der Waals surface area contributed by atoms with E-state index >= 15 is 0 Å². The Morgan fingerprint density at radius 2 is 0.694 bits per heavy atom. The van der Waals surface area contributed by atoms with Crippen LogP contribution in [0.25, 0.3) is 111 Å². The number of fused-ring (bicyclic) bond motifs is 6. The van der Waals surface area contributed by atoms with Gasteiger partial charge in [0.2, 0.25) is 0 Å². The van der Waals surface area contributed by atoms with E-state index in [1.54, 1.807) is 0 Å². The van der Waals surface area contributed by atoms with Crippen LogP contribution in [-0.4, -0.2) is 9.13 Å². The minimum absolute atomic E-state index is 1.14. The molecule has 0 saturated carbocycles. The first-order valence-corrected chi connectivity index (χ1v) is 21.3. The summed E-state index contributed by atoms with van der Waals surface area (Å²) in [6.45, 7) is 0. The number of rotatable bonds is 7. The molecule has 0 bridgehead atoms. The third-order valence-corrected chi connectivity index (χ3v) is 12.5. The van der Waals surface area contributed by atoms with Crippen LogP contribution in [0.2, 0.25) is 0 Å². The van der Waals surface area contributed by atoms with Crippen molar-refractivity contribution in [3.8, 4) is 67.0 Å². The van der Waals surface area contributed by atoms with Gasteiger partial charge in [-0.3, -0.25) is 0 Å². The molecule has 2 nitrogen and oxygen atoms in total. The quantitative estimate of drug-likeness (QED) is 0.152. The van der Waals surface area contributed by atoms with E-state index in [0.717, 1.165) is 11.4 Å². The second-order valence-electron chi connectivity index (χ2n) is 16.1. The van der Waals surface area contributed by atoms with Crippen molar-refractivity contribution in [2.75, 3.05) is 0 Å². The topological polar surface area (TPSA) is 9.86 Å². The van der Waals surface area contributed by atoms with Crippen LogP contribution in [0.3, 0.4) is 0 Å². The van der Waals surface area contributed by atoms with E-state index in [2.05, 4.69) is 252 Å². The average Bonchev–Trinajstić information content (AvgIpc) is 3.87. The summed E-state index contributed by atoms with van der Waals surface area (Å²) in [4.78, 5) is 0. The van der Waals surface area contributed by atoms with Crippen LogP contribution in [0.15, 0.2) is 243 Å². The lowest BCUT2D eigenvalue weighted by molar-refractivity contribution is 1.18. The smallest absolute Gasteiger partial charge is 0.0547 e. The molecule has 0 amide bonds. The zero-order valence-electron chi connectivity index (χ0n) is 34.0. The second kappa shape index (κ2) is 14.8. The fraction of sp³-hybridized carbons (Fsp3) is 0. The summed E-state index contributed by atoms with van der Waals surface area (Å²) >= 11 is 0. The second-order valence-corrected chi connectivity index (χ2v) is 16.1. The number of hydrogen-bond acceptors (Lipinski definition) is 0. The number of hydrogen-bond donors (Lipinski definition) is 0. The van der Waals surface area contributed by atoms with Crippen molar-refractivity contribution in [2.45, 2.75) is 0 Å². The maximum Gasteiger partial charge on any atom is 0.0547 e. The molecule has 0 unspecified atom stereocenters. The molecular weight excluding hydrogens is 749 g/mol. The van der Waals surface area contributed by atoms with Gasteiger partial charge in [-0.1, -0.05) is 182 Å². The SMILES string of the molecule is c1ccc(-c2cccc(-n3c4ccc(-c5ccc6c(c5)c5ccccc5n6-c5ccc(-c6ccccc6)cc5-c5ccccc5)cc4c4c(-c5ccccc5)cccc43)c2)cc1. The number of nitrogens with zero attached hydrogens (tertiary/aromatic N) is 2. The Hall–Kier alpha value is -8.20. The van der Waals surface area contributed by atoms with Crippen molar-refractivity contribution in [1.82, 2.24) is 9.13 Å². The lowest BCUT2D eigenvalue weighted by Crippen LogP contribution is -1.98. The zero-order valence-corrected chi connectivity index (χ0v) is 34.0. The Labute approximate surface area is 360 Å². The molecular formula is C60H40N2. The van der Waals surface area contributed by atoms with Crippen molar-refractivity contribution < 1.29 is 0 Å². The molecule has 0 aliphatic heterocycles. The van der Waals surface area contributed by atoms with Crippen molar-refractivity contribution in [2.24, 2.45) is 0 Å². The Bertz CT molecular complexity index is 3600. The highest BCUT2D eigenvalue weighted by atomic mass is 15.0. The monoisotopic (exact) mass is 788 g/mol. The maximum atomic E-state index is 2.46. The molecule has 12 rings (SSSR count). The van der Waals surface area contributed by atoms with Crippen molar-refractivity contribution in [1.29, 1.82) is 0 Å². The largest absolute Gasteiger partial charge is 0.309 e. The first kappa shape index (κ1) is 35.7. The highest BCUT2D eigenvalue weighted by Crippen LogP contribution is 2.43. The van der Waals surface area contributed by atoms with Crippen LogP contribution in [0.4, 0.5) is 0 Å². The van der Waals surface area contributed by atoms with Gasteiger partial charge in [0.1, 0.15) is 0 Å². The van der Waals surface area contributed by atoms with Gasteiger partial charge in [-0.15, -0.1) is 0 Å². The van der Waals surface area contributed by atoms with Crippen molar-refractivity contribution in [3.05, 3.63) is 243 Å². The van der Waals surface area contributed by atoms with Gasteiger partial charge in [0.15, 0.2) is 0 Å². The molecule has 2 heterocycles. The molecule has 2 aromatic heterocycles. The molecule has 0 saturated heterocycles. The molecule has 0 aliphatic carbocycles. The molecule has 0 atom stereocenters. The van der Waals surface area contributed by atoms with Gasteiger partial charge < -0.3 is 9.13 Å². The molecule has 0 fully saturated rings. The first-order valence-electron chi connectivity index (χ1n) is 21.3. The van der Waals surface area contributed by atoms with Gasteiger partial charge in [-0.2, -0.15) is 0 Å². The molecule has 62 heavy (non-hydrogen) atoms. The van der Waals surface area contributed by atoms with Crippen LogP contribution in [-0.2, 0) is 0 Å². The predicted octanol–water partition coefficient (Wildman–Crippen LogP) is 16.2. The molecule has 290 valence electrons. The highest BCUT2D eigenvalue weighted by Gasteiger charge is 2.20. The van der Waals surface area contributed by atoms with E-state index in [-0.39, 0.29) is 0 Å². The number of para-hydroxylation sites is 1. The fourth-order valence-corrected chi connectivity index (χ4v) is 9.64. The summed E-state index contributed by atoms with van der Waals surface area (Å²) < 4.78 is 4.90. The standard InChI is InChI=1S/C60H40N2/c1-5-17-41(18-6-1)45-25-15-26-49(37-45)61-58-36-33-48(40-54(58)60-50(28-16-30-59(60)61)43-21-9-3-10-22-43)47-32-35-57-53(39-47)51-27-13-14-29-55(51)62(57)56-34-31-46(42-19-7-2-8-20-42)38-52(56)44-23-11-4-12-24-44/h1-40H. The van der Waals surface area contributed by atoms with Crippen molar-refractivity contribution >= 4 is 43.6 Å². The van der Waals surface area contributed by atoms with Crippen LogP contribution < -0.4 is 0 Å². The van der Waals surface area contributed by atoms with E-state index in [1.807, 2.05) is 0 Å². The van der Waals surface area contributed by atoms with E-state index in [4.69, 9.17) is 0 Å². The van der Waals surface area contributed by atoms with E-state index < -0.39 is 0 Å². The highest BCUT2D eigenvalue weighted by molar-refractivity contribution is 6.17. The molecule has 12 aromatic rings. The van der Waals surface area contributed by atoms with Gasteiger partial charge in [-0.25, -0.2) is 0 Å². The molecule has 0 N–H and O–H groups in total. The molecule has 0 radical (unpaired) electrons. The van der Waals surface area contributed by atoms with Gasteiger partial charge in [0.05, 0.1) is 27.8 Å². The summed E-state index contributed by atoms with van der Waals surface area (Å²) in [6, 6.07) is 88.4. The van der Waals surface area contributed by atoms with Crippen LogP contribution in [0.5, 0.6) is 0 Å². The van der Waals surface area contributed by atoms with Gasteiger partial charge in [0.25, 0.3) is 0 Å². The summed E-state index contributed by atoms with van der Waals surface area (Å²) in [7, 11) is 0. The summed E-state index contributed by atoms with van der Waals surface area (Å²) in [5.41, 5.74) is 19.1. The van der Waals surface area contributed by atoms with Crippen LogP contribution >= 0.6 is 0 Å².